The molecule has 3 aromatic rings. The first-order chi connectivity index (χ1) is 13.7. The molecule has 0 atom stereocenters. The van der Waals surface area contributed by atoms with Gasteiger partial charge in [0, 0.05) is 5.56 Å². The van der Waals surface area contributed by atoms with Crippen molar-refractivity contribution in [3.8, 4) is 5.88 Å². The summed E-state index contributed by atoms with van der Waals surface area (Å²) >= 11 is 0. The second-order valence-electron chi connectivity index (χ2n) is 5.59. The molecule has 8 nitrogen and oxygen atoms in total. The minimum absolute atomic E-state index is 0.0603. The first kappa shape index (κ1) is 19.0. The van der Waals surface area contributed by atoms with E-state index in [1.54, 1.807) is 31.2 Å². The Balaban J connectivity index is 1.83. The first-order valence-electron chi connectivity index (χ1n) is 8.62. The SMILES string of the molecule is CCOC(=O)c1nnn(N=Cc2ccccc2)c1OCC(=O)c1ccccc1. The zero-order valence-electron chi connectivity index (χ0n) is 15.2. The molecule has 0 saturated carbocycles. The van der Waals surface area contributed by atoms with E-state index < -0.39 is 5.97 Å². The van der Waals surface area contributed by atoms with Gasteiger partial charge in [0.15, 0.2) is 12.4 Å². The number of benzene rings is 2. The maximum absolute atomic E-state index is 12.3. The minimum atomic E-state index is -0.703. The Hall–Kier alpha value is -3.81. The Morgan fingerprint density at radius 2 is 1.75 bits per heavy atom. The van der Waals surface area contributed by atoms with Gasteiger partial charge in [0.05, 0.1) is 12.8 Å². The fourth-order valence-corrected chi connectivity index (χ4v) is 2.30. The molecule has 1 heterocycles. The number of aromatic nitrogens is 3. The summed E-state index contributed by atoms with van der Waals surface area (Å²) in [4.78, 5) is 25.5. The van der Waals surface area contributed by atoms with E-state index in [-0.39, 0.29) is 30.6 Å². The standard InChI is InChI=1S/C20H18N4O4/c1-2-27-20(26)18-19(28-14-17(25)16-11-7-4-8-12-16)24(23-22-18)21-13-15-9-5-3-6-10-15/h3-13H,2,14H2,1H3. The molecule has 0 aliphatic carbocycles. The molecule has 0 unspecified atom stereocenters. The van der Waals surface area contributed by atoms with Crippen molar-refractivity contribution in [1.82, 2.24) is 15.1 Å². The van der Waals surface area contributed by atoms with Crippen LogP contribution in [-0.2, 0) is 4.74 Å². The fraction of sp³-hybridized carbons (Fsp3) is 0.150. The minimum Gasteiger partial charge on any atom is -0.466 e. The van der Waals surface area contributed by atoms with Gasteiger partial charge in [-0.05, 0) is 17.7 Å². The second kappa shape index (κ2) is 9.22. The van der Waals surface area contributed by atoms with Crippen LogP contribution in [0.25, 0.3) is 0 Å². The van der Waals surface area contributed by atoms with E-state index in [0.29, 0.717) is 5.56 Å². The Kier molecular flexibility index (Phi) is 6.25. The Bertz CT molecular complexity index is 968. The highest BCUT2D eigenvalue weighted by molar-refractivity contribution is 5.97. The van der Waals surface area contributed by atoms with E-state index in [2.05, 4.69) is 15.4 Å². The van der Waals surface area contributed by atoms with Crippen LogP contribution < -0.4 is 4.74 Å². The molecule has 0 fully saturated rings. The maximum atomic E-state index is 12.3. The van der Waals surface area contributed by atoms with Crippen LogP contribution in [-0.4, -0.2) is 46.3 Å². The van der Waals surface area contributed by atoms with E-state index in [1.165, 1.54) is 6.21 Å². The van der Waals surface area contributed by atoms with Crippen LogP contribution in [0, 0.1) is 0 Å². The summed E-state index contributed by atoms with van der Waals surface area (Å²) in [7, 11) is 0. The zero-order chi connectivity index (χ0) is 19.8. The Morgan fingerprint density at radius 1 is 1.07 bits per heavy atom. The summed E-state index contributed by atoms with van der Waals surface area (Å²) in [5.74, 6) is -1.02. The highest BCUT2D eigenvalue weighted by atomic mass is 16.5. The monoisotopic (exact) mass is 378 g/mol. The van der Waals surface area contributed by atoms with Gasteiger partial charge in [-0.25, -0.2) is 4.79 Å². The second-order valence-corrected chi connectivity index (χ2v) is 5.59. The van der Waals surface area contributed by atoms with Crippen LogP contribution in [0.2, 0.25) is 0 Å². The van der Waals surface area contributed by atoms with E-state index in [9.17, 15) is 9.59 Å². The number of Topliss-reactive ketones (excluding diaryl/α,β-unsaturated/α-hetero) is 1. The molecule has 3 rings (SSSR count). The number of rotatable bonds is 8. The maximum Gasteiger partial charge on any atom is 0.364 e. The molecule has 0 N–H and O–H groups in total. The van der Waals surface area contributed by atoms with Crippen molar-refractivity contribution in [3.63, 3.8) is 0 Å². The molecule has 0 bridgehead atoms. The number of ether oxygens (including phenoxy) is 2. The average Bonchev–Trinajstić information content (AvgIpc) is 3.15. The number of hydrogen-bond acceptors (Lipinski definition) is 7. The van der Waals surface area contributed by atoms with Gasteiger partial charge in [0.2, 0.25) is 5.69 Å². The summed E-state index contributed by atoms with van der Waals surface area (Å²) in [5, 5.41) is 11.8. The number of nitrogens with zero attached hydrogens (tertiary/aromatic N) is 4. The van der Waals surface area contributed by atoms with Crippen LogP contribution in [0.1, 0.15) is 33.3 Å². The molecular weight excluding hydrogens is 360 g/mol. The van der Waals surface area contributed by atoms with Crippen molar-refractivity contribution in [2.24, 2.45) is 5.10 Å². The van der Waals surface area contributed by atoms with Crippen molar-refractivity contribution in [2.45, 2.75) is 6.92 Å². The molecule has 0 aliphatic rings. The number of carbonyl (C=O) groups excluding carboxylic acids is 2. The summed E-state index contributed by atoms with van der Waals surface area (Å²) in [5.41, 5.74) is 1.17. The lowest BCUT2D eigenvalue weighted by molar-refractivity contribution is 0.0512. The molecule has 0 radical (unpaired) electrons. The molecule has 1 aromatic heterocycles. The highest BCUT2D eigenvalue weighted by Crippen LogP contribution is 2.17. The number of esters is 1. The zero-order valence-corrected chi connectivity index (χ0v) is 15.2. The van der Waals surface area contributed by atoms with Crippen LogP contribution in [0.15, 0.2) is 65.8 Å². The largest absolute Gasteiger partial charge is 0.466 e. The van der Waals surface area contributed by atoms with Gasteiger partial charge in [-0.3, -0.25) is 4.79 Å². The van der Waals surface area contributed by atoms with E-state index >= 15 is 0 Å². The number of carbonyl (C=O) groups is 2. The predicted octanol–water partition coefficient (Wildman–Crippen LogP) is 2.60. The van der Waals surface area contributed by atoms with Crippen molar-refractivity contribution >= 4 is 18.0 Å². The molecule has 0 spiro atoms. The van der Waals surface area contributed by atoms with Crippen LogP contribution in [0.3, 0.4) is 0 Å². The van der Waals surface area contributed by atoms with Gasteiger partial charge in [-0.1, -0.05) is 65.5 Å². The Labute approximate surface area is 161 Å². The third-order valence-corrected chi connectivity index (χ3v) is 3.63. The third-order valence-electron chi connectivity index (χ3n) is 3.63. The summed E-state index contributed by atoms with van der Waals surface area (Å²) in [6, 6.07) is 18.0. The van der Waals surface area contributed by atoms with Crippen molar-refractivity contribution < 1.29 is 19.1 Å². The van der Waals surface area contributed by atoms with E-state index in [4.69, 9.17) is 9.47 Å². The van der Waals surface area contributed by atoms with Crippen molar-refractivity contribution in [3.05, 3.63) is 77.5 Å². The van der Waals surface area contributed by atoms with Crippen molar-refractivity contribution in [1.29, 1.82) is 0 Å². The van der Waals surface area contributed by atoms with Gasteiger partial charge in [0.1, 0.15) is 0 Å². The van der Waals surface area contributed by atoms with Gasteiger partial charge in [-0.15, -0.1) is 5.10 Å². The molecule has 8 heteroatoms. The summed E-state index contributed by atoms with van der Waals surface area (Å²) in [6.07, 6.45) is 1.54. The molecule has 2 aromatic carbocycles. The lowest BCUT2D eigenvalue weighted by Gasteiger charge is -2.06. The highest BCUT2D eigenvalue weighted by Gasteiger charge is 2.23. The normalized spacial score (nSPS) is 10.8. The van der Waals surface area contributed by atoms with E-state index in [0.717, 1.165) is 10.4 Å². The van der Waals surface area contributed by atoms with Crippen LogP contribution in [0.4, 0.5) is 0 Å². The fourth-order valence-electron chi connectivity index (χ4n) is 2.30. The molecular formula is C20H18N4O4. The third kappa shape index (κ3) is 4.67. The van der Waals surface area contributed by atoms with E-state index in [1.807, 2.05) is 36.4 Å². The Morgan fingerprint density at radius 3 is 2.43 bits per heavy atom. The molecule has 0 saturated heterocycles. The molecule has 0 aliphatic heterocycles. The van der Waals surface area contributed by atoms with Crippen LogP contribution in [0.5, 0.6) is 5.88 Å². The smallest absolute Gasteiger partial charge is 0.364 e. The lowest BCUT2D eigenvalue weighted by Crippen LogP contribution is -2.15. The van der Waals surface area contributed by atoms with Crippen molar-refractivity contribution in [2.75, 3.05) is 13.2 Å². The quantitative estimate of drug-likeness (QED) is 0.340. The van der Waals surface area contributed by atoms with Crippen LogP contribution >= 0.6 is 0 Å². The first-order valence-corrected chi connectivity index (χ1v) is 8.62. The van der Waals surface area contributed by atoms with Gasteiger partial charge < -0.3 is 9.47 Å². The lowest BCUT2D eigenvalue weighted by atomic mass is 10.1. The predicted molar refractivity (Wildman–Crippen MR) is 102 cm³/mol. The molecule has 0 amide bonds. The number of ketones is 1. The average molecular weight is 378 g/mol. The molecule has 28 heavy (non-hydrogen) atoms. The topological polar surface area (TPSA) is 95.7 Å². The van der Waals surface area contributed by atoms with Gasteiger partial charge >= 0.3 is 5.97 Å². The number of hydrogen-bond donors (Lipinski definition) is 0. The molecule has 142 valence electrons. The van der Waals surface area contributed by atoms with Gasteiger partial charge in [0.25, 0.3) is 5.88 Å². The van der Waals surface area contributed by atoms with Gasteiger partial charge in [-0.2, -0.15) is 5.10 Å². The summed E-state index contributed by atoms with van der Waals surface area (Å²) < 4.78 is 10.5. The summed E-state index contributed by atoms with van der Waals surface area (Å²) in [6.45, 7) is 1.54.